The Balaban J connectivity index is 1.75. The first-order chi connectivity index (χ1) is 14.3. The fourth-order valence-electron chi connectivity index (χ4n) is 4.61. The van der Waals surface area contributed by atoms with E-state index in [1.807, 2.05) is 6.92 Å². The molecule has 1 saturated carbocycles. The van der Waals surface area contributed by atoms with Crippen LogP contribution >= 0.6 is 0 Å². The minimum atomic E-state index is -0.916. The summed E-state index contributed by atoms with van der Waals surface area (Å²) in [5.41, 5.74) is 6.53. The van der Waals surface area contributed by atoms with Gasteiger partial charge in [0.1, 0.15) is 5.82 Å². The molecule has 8 heteroatoms. The lowest BCUT2D eigenvalue weighted by Gasteiger charge is -2.46. The molecule has 0 bridgehead atoms. The van der Waals surface area contributed by atoms with Crippen LogP contribution in [-0.4, -0.2) is 58.4 Å². The van der Waals surface area contributed by atoms with E-state index in [2.05, 4.69) is 4.98 Å². The fourth-order valence-corrected chi connectivity index (χ4v) is 4.61. The molecule has 3 unspecified atom stereocenters. The normalized spacial score (nSPS) is 22.9. The Morgan fingerprint density at radius 3 is 2.67 bits per heavy atom. The van der Waals surface area contributed by atoms with Crippen LogP contribution in [0.3, 0.4) is 0 Å². The Labute approximate surface area is 177 Å². The van der Waals surface area contributed by atoms with Crippen molar-refractivity contribution in [3.8, 4) is 0 Å². The number of aromatic nitrogens is 1. The number of hydrogen-bond acceptors (Lipinski definition) is 6. The van der Waals surface area contributed by atoms with Gasteiger partial charge in [-0.3, -0.25) is 4.79 Å². The van der Waals surface area contributed by atoms with E-state index in [0.29, 0.717) is 18.2 Å². The van der Waals surface area contributed by atoms with E-state index in [1.54, 1.807) is 37.2 Å². The van der Waals surface area contributed by atoms with E-state index in [1.165, 1.54) is 19.3 Å². The highest BCUT2D eigenvalue weighted by atomic mass is 16.5. The number of anilines is 1. The van der Waals surface area contributed by atoms with Crippen LogP contribution in [0, 0.1) is 11.8 Å². The molecule has 3 rings (SSSR count). The molecule has 8 nitrogen and oxygen atoms in total. The molecule has 2 aliphatic rings. The van der Waals surface area contributed by atoms with Gasteiger partial charge in [-0.15, -0.1) is 0 Å². The van der Waals surface area contributed by atoms with Crippen LogP contribution in [0.1, 0.15) is 51.5 Å². The first-order valence-corrected chi connectivity index (χ1v) is 10.8. The van der Waals surface area contributed by atoms with Crippen molar-refractivity contribution >= 4 is 23.7 Å². The lowest BCUT2D eigenvalue weighted by atomic mass is 9.82. The second kappa shape index (κ2) is 9.45. The van der Waals surface area contributed by atoms with Crippen molar-refractivity contribution in [1.82, 2.24) is 14.8 Å². The highest BCUT2D eigenvalue weighted by Crippen LogP contribution is 2.34. The lowest BCUT2D eigenvalue weighted by molar-refractivity contribution is -0.170. The minimum absolute atomic E-state index is 0.00694. The van der Waals surface area contributed by atoms with Crippen molar-refractivity contribution < 1.29 is 19.1 Å². The van der Waals surface area contributed by atoms with Crippen molar-refractivity contribution in [2.75, 3.05) is 19.4 Å². The minimum Gasteiger partial charge on any atom is -0.464 e. The van der Waals surface area contributed by atoms with E-state index in [0.717, 1.165) is 23.3 Å². The maximum Gasteiger partial charge on any atom is 0.330 e. The van der Waals surface area contributed by atoms with Crippen LogP contribution in [0.2, 0.25) is 0 Å². The smallest absolute Gasteiger partial charge is 0.330 e. The van der Waals surface area contributed by atoms with Crippen molar-refractivity contribution in [2.24, 2.45) is 11.8 Å². The number of nitrogen functional groups attached to an aromatic ring is 1. The Hall–Kier alpha value is -2.64. The van der Waals surface area contributed by atoms with Crippen LogP contribution in [0.5, 0.6) is 0 Å². The fraction of sp³-hybridized carbons (Fsp3) is 0.636. The summed E-state index contributed by atoms with van der Waals surface area (Å²) < 4.78 is 5.18. The van der Waals surface area contributed by atoms with Gasteiger partial charge < -0.3 is 15.4 Å². The number of β-lactam (4-membered cyclic amide) rings is 1. The molecular formula is C22H32N4O4. The Morgan fingerprint density at radius 2 is 2.03 bits per heavy atom. The molecule has 30 heavy (non-hydrogen) atoms. The van der Waals surface area contributed by atoms with Crippen LogP contribution in [0.25, 0.3) is 0 Å². The van der Waals surface area contributed by atoms with Gasteiger partial charge in [0.05, 0.1) is 12.5 Å². The molecule has 1 aliphatic heterocycles. The molecule has 2 fully saturated rings. The Kier molecular flexibility index (Phi) is 6.95. The van der Waals surface area contributed by atoms with Crippen molar-refractivity contribution in [3.63, 3.8) is 0 Å². The monoisotopic (exact) mass is 416 g/mol. The number of nitrogens with two attached hydrogens (primary N) is 1. The van der Waals surface area contributed by atoms with Gasteiger partial charge in [-0.1, -0.05) is 19.3 Å². The Bertz CT molecular complexity index is 793. The number of nitrogens with zero attached hydrogens (tertiary/aromatic N) is 3. The van der Waals surface area contributed by atoms with Crippen LogP contribution in [0.15, 0.2) is 18.3 Å². The number of rotatable bonds is 6. The third-order valence-electron chi connectivity index (χ3n) is 6.49. The molecule has 2 N–H and O–H groups in total. The van der Waals surface area contributed by atoms with Crippen molar-refractivity contribution in [2.45, 2.75) is 64.5 Å². The zero-order valence-corrected chi connectivity index (χ0v) is 18.0. The number of carbonyl (C=O) groups excluding carboxylic acids is 3. The number of imide groups is 1. The highest BCUT2D eigenvalue weighted by Gasteiger charge is 2.56. The average Bonchev–Trinajstić information content (AvgIpc) is 2.74. The zero-order valence-electron chi connectivity index (χ0n) is 18.0. The highest BCUT2D eigenvalue weighted by molar-refractivity contribution is 6.08. The van der Waals surface area contributed by atoms with Crippen LogP contribution in [-0.2, 0) is 20.7 Å². The molecule has 1 aromatic rings. The molecule has 164 valence electrons. The van der Waals surface area contributed by atoms with Gasteiger partial charge in [0.2, 0.25) is 5.91 Å². The van der Waals surface area contributed by atoms with Gasteiger partial charge in [-0.2, -0.15) is 0 Å². The standard InChI is InChI=1S/C22H32N4O4/c1-4-30-21(28)19-17(12-15-10-11-24-18(23)13-15)20(27)26(19)22(29)25(3)14(2)16-8-6-5-7-9-16/h10-11,13-14,16-17,19H,4-9,12H2,1-3H3,(H2,23,24). The summed E-state index contributed by atoms with van der Waals surface area (Å²) in [4.78, 5) is 45.4. The zero-order chi connectivity index (χ0) is 21.8. The number of urea groups is 1. The number of amides is 3. The molecule has 0 radical (unpaired) electrons. The molecule has 2 heterocycles. The van der Waals surface area contributed by atoms with E-state index in [4.69, 9.17) is 10.5 Å². The third-order valence-corrected chi connectivity index (χ3v) is 6.49. The largest absolute Gasteiger partial charge is 0.464 e. The van der Waals surface area contributed by atoms with Gasteiger partial charge in [0.15, 0.2) is 6.04 Å². The van der Waals surface area contributed by atoms with E-state index in [-0.39, 0.29) is 18.6 Å². The van der Waals surface area contributed by atoms with Gasteiger partial charge in [-0.05, 0) is 56.7 Å². The molecule has 1 saturated heterocycles. The molecule has 3 amide bonds. The summed E-state index contributed by atoms with van der Waals surface area (Å²) >= 11 is 0. The number of carbonyl (C=O) groups is 3. The second-order valence-electron chi connectivity index (χ2n) is 8.34. The summed E-state index contributed by atoms with van der Waals surface area (Å²) in [7, 11) is 1.72. The molecule has 1 aromatic heterocycles. The molecule has 0 aromatic carbocycles. The molecule has 0 spiro atoms. The number of pyridine rings is 1. The van der Waals surface area contributed by atoms with E-state index in [9.17, 15) is 14.4 Å². The van der Waals surface area contributed by atoms with Crippen LogP contribution in [0.4, 0.5) is 10.6 Å². The number of hydrogen-bond donors (Lipinski definition) is 1. The summed E-state index contributed by atoms with van der Waals surface area (Å²) in [5, 5.41) is 0. The summed E-state index contributed by atoms with van der Waals surface area (Å²) in [6.07, 6.45) is 7.61. The average molecular weight is 417 g/mol. The maximum absolute atomic E-state index is 13.2. The predicted molar refractivity (Wildman–Crippen MR) is 112 cm³/mol. The topological polar surface area (TPSA) is 106 Å². The van der Waals surface area contributed by atoms with Crippen molar-refractivity contribution in [1.29, 1.82) is 0 Å². The SMILES string of the molecule is CCOC(=O)C1C(Cc2ccnc(N)c2)C(=O)N1C(=O)N(C)C(C)C1CCCCC1. The van der Waals surface area contributed by atoms with E-state index >= 15 is 0 Å². The van der Waals surface area contributed by atoms with Gasteiger partial charge in [0.25, 0.3) is 0 Å². The van der Waals surface area contributed by atoms with Gasteiger partial charge in [0, 0.05) is 19.3 Å². The van der Waals surface area contributed by atoms with E-state index < -0.39 is 24.0 Å². The summed E-state index contributed by atoms with van der Waals surface area (Å²) in [5.74, 6) is -0.776. The van der Waals surface area contributed by atoms with Crippen LogP contribution < -0.4 is 5.73 Å². The second-order valence-corrected chi connectivity index (χ2v) is 8.34. The quantitative estimate of drug-likeness (QED) is 0.564. The van der Waals surface area contributed by atoms with Gasteiger partial charge in [-0.25, -0.2) is 19.5 Å². The molecule has 1 aliphatic carbocycles. The lowest BCUT2D eigenvalue weighted by Crippen LogP contribution is -2.69. The van der Waals surface area contributed by atoms with Crippen molar-refractivity contribution in [3.05, 3.63) is 23.9 Å². The first kappa shape index (κ1) is 22.1. The number of esters is 1. The molecule has 3 atom stereocenters. The third kappa shape index (κ3) is 4.42. The molecular weight excluding hydrogens is 384 g/mol. The Morgan fingerprint density at radius 1 is 1.33 bits per heavy atom. The first-order valence-electron chi connectivity index (χ1n) is 10.8. The number of ether oxygens (including phenoxy) is 1. The summed E-state index contributed by atoms with van der Waals surface area (Å²) in [6.45, 7) is 3.92. The van der Waals surface area contributed by atoms with Gasteiger partial charge >= 0.3 is 12.0 Å². The number of likely N-dealkylation sites (tertiary alicyclic amines) is 1. The summed E-state index contributed by atoms with van der Waals surface area (Å²) in [6, 6.07) is 2.10. The predicted octanol–water partition coefficient (Wildman–Crippen LogP) is 2.62. The maximum atomic E-state index is 13.2.